The Morgan fingerprint density at radius 1 is 1.53 bits per heavy atom. The normalized spacial score (nSPS) is 23.7. The SMILES string of the molecule is CCC1(C(=O)O)CCCN1Cc1cc(F)ccc1O. The summed E-state index contributed by atoms with van der Waals surface area (Å²) in [5, 5.41) is 19.2. The van der Waals surface area contributed by atoms with Crippen molar-refractivity contribution in [3.05, 3.63) is 29.6 Å². The van der Waals surface area contributed by atoms with Gasteiger partial charge < -0.3 is 10.2 Å². The highest BCUT2D eigenvalue weighted by molar-refractivity contribution is 5.79. The maximum absolute atomic E-state index is 13.2. The molecule has 0 amide bonds. The van der Waals surface area contributed by atoms with Crippen molar-refractivity contribution < 1.29 is 19.4 Å². The highest BCUT2D eigenvalue weighted by Gasteiger charge is 2.46. The third-order valence-electron chi connectivity index (χ3n) is 4.01. The Hall–Kier alpha value is -1.62. The first kappa shape index (κ1) is 13.8. The highest BCUT2D eigenvalue weighted by atomic mass is 19.1. The van der Waals surface area contributed by atoms with Gasteiger partial charge in [-0.25, -0.2) is 4.39 Å². The van der Waals surface area contributed by atoms with E-state index in [1.165, 1.54) is 18.2 Å². The number of carboxylic acids is 1. The van der Waals surface area contributed by atoms with Crippen LogP contribution < -0.4 is 0 Å². The Morgan fingerprint density at radius 2 is 2.26 bits per heavy atom. The fourth-order valence-electron chi connectivity index (χ4n) is 2.85. The molecule has 0 aromatic heterocycles. The Bertz CT molecular complexity index is 492. The van der Waals surface area contributed by atoms with Crippen molar-refractivity contribution in [1.29, 1.82) is 0 Å². The Kier molecular flexibility index (Phi) is 3.75. The molecule has 1 unspecified atom stereocenters. The molecule has 0 radical (unpaired) electrons. The van der Waals surface area contributed by atoms with Crippen LogP contribution in [0, 0.1) is 5.82 Å². The van der Waals surface area contributed by atoms with Gasteiger partial charge in [-0.1, -0.05) is 6.92 Å². The molecule has 1 atom stereocenters. The zero-order valence-corrected chi connectivity index (χ0v) is 10.9. The quantitative estimate of drug-likeness (QED) is 0.879. The van der Waals surface area contributed by atoms with Crippen LogP contribution >= 0.6 is 0 Å². The molecule has 1 fully saturated rings. The van der Waals surface area contributed by atoms with E-state index < -0.39 is 17.3 Å². The third kappa shape index (κ3) is 2.42. The number of nitrogens with zero attached hydrogens (tertiary/aromatic N) is 1. The summed E-state index contributed by atoms with van der Waals surface area (Å²) in [6.07, 6.45) is 1.89. The maximum atomic E-state index is 13.2. The number of likely N-dealkylation sites (tertiary alicyclic amines) is 1. The number of aliphatic carboxylic acids is 1. The lowest BCUT2D eigenvalue weighted by molar-refractivity contribution is -0.150. The lowest BCUT2D eigenvalue weighted by Gasteiger charge is -2.34. The molecular formula is C14H18FNO3. The van der Waals surface area contributed by atoms with Gasteiger partial charge >= 0.3 is 5.97 Å². The molecule has 1 aliphatic heterocycles. The molecule has 0 saturated carbocycles. The summed E-state index contributed by atoms with van der Waals surface area (Å²) in [4.78, 5) is 13.4. The predicted octanol–water partition coefficient (Wildman–Crippen LogP) is 2.36. The summed E-state index contributed by atoms with van der Waals surface area (Å²) < 4.78 is 13.2. The average molecular weight is 267 g/mol. The number of phenolic OH excluding ortho intramolecular Hbond substituents is 1. The smallest absolute Gasteiger partial charge is 0.324 e. The van der Waals surface area contributed by atoms with Crippen molar-refractivity contribution >= 4 is 5.97 Å². The first-order valence-electron chi connectivity index (χ1n) is 6.45. The molecule has 1 heterocycles. The Balaban J connectivity index is 2.27. The van der Waals surface area contributed by atoms with Gasteiger partial charge in [-0.15, -0.1) is 0 Å². The summed E-state index contributed by atoms with van der Waals surface area (Å²) in [7, 11) is 0. The summed E-state index contributed by atoms with van der Waals surface area (Å²) in [6.45, 7) is 2.75. The number of carboxylic acid groups (broad SMARTS) is 1. The van der Waals surface area contributed by atoms with E-state index >= 15 is 0 Å². The number of aromatic hydroxyl groups is 1. The van der Waals surface area contributed by atoms with Crippen LogP contribution in [0.5, 0.6) is 5.75 Å². The van der Waals surface area contributed by atoms with Gasteiger partial charge in [0.25, 0.3) is 0 Å². The minimum absolute atomic E-state index is 0.00342. The molecule has 1 saturated heterocycles. The fourth-order valence-corrected chi connectivity index (χ4v) is 2.85. The molecule has 0 bridgehead atoms. The van der Waals surface area contributed by atoms with Crippen LogP contribution in [0.25, 0.3) is 0 Å². The van der Waals surface area contributed by atoms with Gasteiger partial charge in [0.15, 0.2) is 0 Å². The Morgan fingerprint density at radius 3 is 2.89 bits per heavy atom. The van der Waals surface area contributed by atoms with Crippen molar-refractivity contribution in [3.63, 3.8) is 0 Å². The lowest BCUT2D eigenvalue weighted by atomic mass is 9.92. The topological polar surface area (TPSA) is 60.8 Å². The first-order chi connectivity index (χ1) is 8.99. The predicted molar refractivity (Wildman–Crippen MR) is 68.4 cm³/mol. The monoisotopic (exact) mass is 267 g/mol. The second kappa shape index (κ2) is 5.17. The molecule has 4 nitrogen and oxygen atoms in total. The maximum Gasteiger partial charge on any atom is 0.324 e. The van der Waals surface area contributed by atoms with Crippen molar-refractivity contribution in [1.82, 2.24) is 4.90 Å². The van der Waals surface area contributed by atoms with Gasteiger partial charge in [0.1, 0.15) is 17.1 Å². The molecule has 2 N–H and O–H groups in total. The molecule has 1 aromatic carbocycles. The van der Waals surface area contributed by atoms with E-state index in [-0.39, 0.29) is 12.3 Å². The molecular weight excluding hydrogens is 249 g/mol. The molecule has 5 heteroatoms. The number of rotatable bonds is 4. The van der Waals surface area contributed by atoms with Crippen molar-refractivity contribution in [2.75, 3.05) is 6.54 Å². The average Bonchev–Trinajstić information content (AvgIpc) is 2.78. The Labute approximate surface area is 111 Å². The zero-order valence-electron chi connectivity index (χ0n) is 10.9. The van der Waals surface area contributed by atoms with E-state index in [0.717, 1.165) is 6.42 Å². The van der Waals surface area contributed by atoms with E-state index in [9.17, 15) is 19.4 Å². The van der Waals surface area contributed by atoms with Crippen LogP contribution in [-0.2, 0) is 11.3 Å². The second-order valence-corrected chi connectivity index (χ2v) is 4.99. The van der Waals surface area contributed by atoms with E-state index in [0.29, 0.717) is 24.9 Å². The van der Waals surface area contributed by atoms with Crippen molar-refractivity contribution in [3.8, 4) is 5.75 Å². The molecule has 0 spiro atoms. The van der Waals surface area contributed by atoms with E-state index in [1.54, 1.807) is 0 Å². The molecule has 19 heavy (non-hydrogen) atoms. The van der Waals surface area contributed by atoms with Gasteiger partial charge in [0.2, 0.25) is 0 Å². The summed E-state index contributed by atoms with van der Waals surface area (Å²) >= 11 is 0. The van der Waals surface area contributed by atoms with Crippen LogP contribution in [-0.4, -0.2) is 33.2 Å². The van der Waals surface area contributed by atoms with Gasteiger partial charge in [0, 0.05) is 12.1 Å². The number of halogens is 1. The highest BCUT2D eigenvalue weighted by Crippen LogP contribution is 2.35. The van der Waals surface area contributed by atoms with Crippen LogP contribution in [0.15, 0.2) is 18.2 Å². The number of benzene rings is 1. The second-order valence-electron chi connectivity index (χ2n) is 4.99. The first-order valence-corrected chi connectivity index (χ1v) is 6.45. The number of hydrogen-bond acceptors (Lipinski definition) is 3. The molecule has 1 aromatic rings. The molecule has 2 rings (SSSR count). The number of hydrogen-bond donors (Lipinski definition) is 2. The molecule has 0 aliphatic carbocycles. The number of carbonyl (C=O) groups is 1. The van der Waals surface area contributed by atoms with Gasteiger partial charge in [-0.2, -0.15) is 0 Å². The lowest BCUT2D eigenvalue weighted by Crippen LogP contribution is -2.49. The van der Waals surface area contributed by atoms with Crippen LogP contribution in [0.1, 0.15) is 31.7 Å². The fraction of sp³-hybridized carbons (Fsp3) is 0.500. The van der Waals surface area contributed by atoms with Crippen LogP contribution in [0.4, 0.5) is 4.39 Å². The number of phenols is 1. The molecule has 1 aliphatic rings. The standard InChI is InChI=1S/C14H18FNO3/c1-2-14(13(18)19)6-3-7-16(14)9-10-8-11(15)4-5-12(10)17/h4-5,8,17H,2-3,6-7,9H2,1H3,(H,18,19). The van der Waals surface area contributed by atoms with Crippen molar-refractivity contribution in [2.45, 2.75) is 38.3 Å². The third-order valence-corrected chi connectivity index (χ3v) is 4.01. The zero-order chi connectivity index (χ0) is 14.0. The summed E-state index contributed by atoms with van der Waals surface area (Å²) in [5.41, 5.74) is -0.459. The molecule has 104 valence electrons. The summed E-state index contributed by atoms with van der Waals surface area (Å²) in [6, 6.07) is 3.75. The van der Waals surface area contributed by atoms with E-state index in [2.05, 4.69) is 0 Å². The summed E-state index contributed by atoms with van der Waals surface area (Å²) in [5.74, 6) is -1.27. The van der Waals surface area contributed by atoms with E-state index in [4.69, 9.17) is 0 Å². The van der Waals surface area contributed by atoms with Gasteiger partial charge in [-0.3, -0.25) is 9.69 Å². The van der Waals surface area contributed by atoms with Crippen LogP contribution in [0.3, 0.4) is 0 Å². The van der Waals surface area contributed by atoms with Crippen LogP contribution in [0.2, 0.25) is 0 Å². The largest absolute Gasteiger partial charge is 0.508 e. The minimum Gasteiger partial charge on any atom is -0.508 e. The van der Waals surface area contributed by atoms with Gasteiger partial charge in [-0.05, 0) is 44.0 Å². The van der Waals surface area contributed by atoms with Gasteiger partial charge in [0.05, 0.1) is 0 Å². The van der Waals surface area contributed by atoms with Crippen molar-refractivity contribution in [2.24, 2.45) is 0 Å². The van der Waals surface area contributed by atoms with E-state index in [1.807, 2.05) is 11.8 Å². The minimum atomic E-state index is -0.890.